The minimum Gasteiger partial charge on any atom is -0.480 e. The SMILES string of the molecule is CCC(C)C(NC(=O)CNC(=O)C1CCCN1C(=O)C(NC(=O)C1CCCN1C(=O)C(CCSC)NC(=O)C(NC(=O)C(N)CC(C)C)C(C)CC)C(C)C)C(=O)NC(CC(C)C)C(=O)O. The predicted octanol–water partition coefficient (Wildman–Crippen LogP) is 1.51. The van der Waals surface area contributed by atoms with E-state index in [1.807, 2.05) is 54.7 Å². The van der Waals surface area contributed by atoms with Gasteiger partial charge in [0.25, 0.3) is 0 Å². The Kier molecular flexibility index (Phi) is 24.5. The smallest absolute Gasteiger partial charge is 0.326 e. The zero-order valence-electron chi connectivity index (χ0n) is 41.2. The molecular formula is C46H81N9O10S. The van der Waals surface area contributed by atoms with Crippen LogP contribution in [0.2, 0.25) is 0 Å². The van der Waals surface area contributed by atoms with E-state index in [9.17, 15) is 48.3 Å². The fourth-order valence-electron chi connectivity index (χ4n) is 8.25. The Hall–Kier alpha value is -4.46. The van der Waals surface area contributed by atoms with Gasteiger partial charge >= 0.3 is 5.97 Å². The van der Waals surface area contributed by atoms with Crippen LogP contribution in [0.5, 0.6) is 0 Å². The molecule has 0 aromatic carbocycles. The molecule has 0 bridgehead atoms. The normalized spacial score (nSPS) is 19.8. The number of nitrogens with zero attached hydrogens (tertiary/aromatic N) is 2. The van der Waals surface area contributed by atoms with Crippen molar-refractivity contribution in [2.75, 3.05) is 31.6 Å². The largest absolute Gasteiger partial charge is 0.480 e. The highest BCUT2D eigenvalue weighted by Gasteiger charge is 2.43. The van der Waals surface area contributed by atoms with Crippen LogP contribution in [0.3, 0.4) is 0 Å². The number of likely N-dealkylation sites (tertiary alicyclic amines) is 2. The Morgan fingerprint density at radius 1 is 0.636 bits per heavy atom. The molecule has 376 valence electrons. The molecule has 9 N–H and O–H groups in total. The summed E-state index contributed by atoms with van der Waals surface area (Å²) in [6, 6.07) is -7.85. The third kappa shape index (κ3) is 17.3. The number of amides is 8. The number of carboxylic acid groups (broad SMARTS) is 1. The van der Waals surface area contributed by atoms with Crippen LogP contribution in [0.4, 0.5) is 0 Å². The minimum atomic E-state index is -1.18. The molecule has 0 radical (unpaired) electrons. The van der Waals surface area contributed by atoms with Gasteiger partial charge in [-0.3, -0.25) is 38.4 Å². The second-order valence-corrected chi connectivity index (χ2v) is 20.2. The van der Waals surface area contributed by atoms with Gasteiger partial charge in [-0.25, -0.2) is 4.79 Å². The van der Waals surface area contributed by atoms with Crippen molar-refractivity contribution in [1.82, 2.24) is 41.7 Å². The molecular weight excluding hydrogens is 871 g/mol. The number of nitrogens with one attached hydrogen (secondary N) is 6. The molecule has 0 aromatic heterocycles. The fraction of sp³-hybridized carbons (Fsp3) is 0.804. The first-order valence-corrected chi connectivity index (χ1v) is 25.2. The maximum atomic E-state index is 14.3. The highest BCUT2D eigenvalue weighted by Crippen LogP contribution is 2.24. The van der Waals surface area contributed by atoms with Crippen LogP contribution in [0.1, 0.15) is 127 Å². The summed E-state index contributed by atoms with van der Waals surface area (Å²) >= 11 is 1.50. The van der Waals surface area contributed by atoms with Crippen molar-refractivity contribution in [3.8, 4) is 0 Å². The minimum absolute atomic E-state index is 0.00655. The van der Waals surface area contributed by atoms with Crippen molar-refractivity contribution < 1.29 is 48.3 Å². The van der Waals surface area contributed by atoms with Crippen molar-refractivity contribution in [2.24, 2.45) is 35.3 Å². The van der Waals surface area contributed by atoms with Crippen LogP contribution in [0.15, 0.2) is 0 Å². The lowest BCUT2D eigenvalue weighted by atomic mass is 9.96. The van der Waals surface area contributed by atoms with E-state index in [1.54, 1.807) is 20.8 Å². The van der Waals surface area contributed by atoms with E-state index >= 15 is 0 Å². The number of carboxylic acids is 1. The maximum Gasteiger partial charge on any atom is 0.326 e. The van der Waals surface area contributed by atoms with E-state index < -0.39 is 114 Å². The number of hydrogen-bond donors (Lipinski definition) is 8. The van der Waals surface area contributed by atoms with Crippen LogP contribution < -0.4 is 37.6 Å². The molecule has 2 rings (SSSR count). The van der Waals surface area contributed by atoms with Crippen LogP contribution in [-0.4, -0.2) is 148 Å². The van der Waals surface area contributed by atoms with Crippen LogP contribution in [-0.2, 0) is 43.2 Å². The molecule has 8 amide bonds. The molecule has 2 heterocycles. The van der Waals surface area contributed by atoms with E-state index in [4.69, 9.17) is 5.73 Å². The van der Waals surface area contributed by atoms with Crippen LogP contribution >= 0.6 is 11.8 Å². The van der Waals surface area contributed by atoms with Gasteiger partial charge in [0.15, 0.2) is 0 Å². The molecule has 0 spiro atoms. The average Bonchev–Trinajstić information content (AvgIpc) is 3.96. The molecule has 66 heavy (non-hydrogen) atoms. The first-order valence-electron chi connectivity index (χ1n) is 23.9. The predicted molar refractivity (Wildman–Crippen MR) is 253 cm³/mol. The van der Waals surface area contributed by atoms with Gasteiger partial charge in [-0.15, -0.1) is 0 Å². The lowest BCUT2D eigenvalue weighted by Gasteiger charge is -2.33. The Morgan fingerprint density at radius 3 is 1.62 bits per heavy atom. The van der Waals surface area contributed by atoms with E-state index in [2.05, 4.69) is 31.9 Å². The van der Waals surface area contributed by atoms with Crippen molar-refractivity contribution in [2.45, 2.75) is 175 Å². The summed E-state index contributed by atoms with van der Waals surface area (Å²) in [5, 5.41) is 25.9. The second-order valence-electron chi connectivity index (χ2n) is 19.2. The van der Waals surface area contributed by atoms with Gasteiger partial charge in [0.2, 0.25) is 47.3 Å². The summed E-state index contributed by atoms with van der Waals surface area (Å²) in [6.07, 6.45) is 5.51. The third-order valence-electron chi connectivity index (χ3n) is 12.5. The number of carbonyl (C=O) groups is 9. The van der Waals surface area contributed by atoms with Crippen LogP contribution in [0.25, 0.3) is 0 Å². The molecule has 10 atom stereocenters. The molecule has 0 aromatic rings. The van der Waals surface area contributed by atoms with Gasteiger partial charge in [0.05, 0.1) is 12.6 Å². The molecule has 0 saturated carbocycles. The summed E-state index contributed by atoms with van der Waals surface area (Å²) < 4.78 is 0. The van der Waals surface area contributed by atoms with E-state index in [0.29, 0.717) is 50.7 Å². The number of nitrogens with two attached hydrogens (primary N) is 1. The van der Waals surface area contributed by atoms with E-state index in [1.165, 1.54) is 21.6 Å². The van der Waals surface area contributed by atoms with Crippen molar-refractivity contribution >= 4 is 65.0 Å². The number of rotatable bonds is 27. The molecule has 10 unspecified atom stereocenters. The summed E-state index contributed by atoms with van der Waals surface area (Å²) in [5.41, 5.74) is 6.13. The molecule has 2 aliphatic heterocycles. The van der Waals surface area contributed by atoms with Gasteiger partial charge in [-0.2, -0.15) is 11.8 Å². The molecule has 20 heteroatoms. The molecule has 2 aliphatic rings. The maximum absolute atomic E-state index is 14.3. The first-order chi connectivity index (χ1) is 31.0. The van der Waals surface area contributed by atoms with Gasteiger partial charge in [-0.1, -0.05) is 82.1 Å². The Bertz CT molecular complexity index is 1680. The van der Waals surface area contributed by atoms with Gasteiger partial charge < -0.3 is 52.5 Å². The molecule has 19 nitrogen and oxygen atoms in total. The number of carbonyl (C=O) groups excluding carboxylic acids is 8. The highest BCUT2D eigenvalue weighted by molar-refractivity contribution is 7.98. The monoisotopic (exact) mass is 952 g/mol. The Labute approximate surface area is 396 Å². The summed E-state index contributed by atoms with van der Waals surface area (Å²) in [6.45, 7) is 18.4. The Morgan fingerprint density at radius 2 is 1.14 bits per heavy atom. The van der Waals surface area contributed by atoms with Crippen molar-refractivity contribution in [1.29, 1.82) is 0 Å². The summed E-state index contributed by atoms with van der Waals surface area (Å²) in [7, 11) is 0. The van der Waals surface area contributed by atoms with Crippen molar-refractivity contribution in [3.05, 3.63) is 0 Å². The second kappa shape index (κ2) is 28.0. The highest BCUT2D eigenvalue weighted by atomic mass is 32.2. The first kappa shape index (κ1) is 57.7. The number of thioether (sulfide) groups is 1. The molecule has 2 fully saturated rings. The average molecular weight is 952 g/mol. The topological polar surface area (TPSA) is 279 Å². The number of hydrogen-bond acceptors (Lipinski definition) is 11. The number of aliphatic carboxylic acids is 1. The van der Waals surface area contributed by atoms with E-state index in [-0.39, 0.29) is 49.6 Å². The van der Waals surface area contributed by atoms with Crippen LogP contribution in [0, 0.1) is 29.6 Å². The standard InChI is InChI=1S/C46H81N9O10S/c1-12-28(9)37(42(60)50-32(46(64)65)23-26(5)6)51-35(56)24-48-40(58)33-16-14-20-55(33)45(63)36(27(7)8)52-41(59)34-17-15-19-54(34)44(62)31(18-21-66-11)49-43(61)38(29(10)13-2)53-39(57)30(47)22-25(3)4/h25-34,36-38H,12-24,47H2,1-11H3,(H,48,58)(H,49,61)(H,50,60)(H,51,56)(H,52,59)(H,53,57)(H,64,65). The zero-order chi connectivity index (χ0) is 50.0. The lowest BCUT2D eigenvalue weighted by molar-refractivity contribution is -0.145. The van der Waals surface area contributed by atoms with Gasteiger partial charge in [0.1, 0.15) is 42.3 Å². The summed E-state index contributed by atoms with van der Waals surface area (Å²) in [5.74, 6) is -5.87. The van der Waals surface area contributed by atoms with Gasteiger partial charge in [0, 0.05) is 13.1 Å². The van der Waals surface area contributed by atoms with Crippen molar-refractivity contribution in [3.63, 3.8) is 0 Å². The Balaban J connectivity index is 2.18. The van der Waals surface area contributed by atoms with Gasteiger partial charge in [-0.05, 0) is 86.5 Å². The molecule has 2 saturated heterocycles. The fourth-order valence-corrected chi connectivity index (χ4v) is 8.72. The summed E-state index contributed by atoms with van der Waals surface area (Å²) in [4.78, 5) is 124. The third-order valence-corrected chi connectivity index (χ3v) is 13.2. The quantitative estimate of drug-likeness (QED) is 0.0582. The zero-order valence-corrected chi connectivity index (χ0v) is 42.0. The van der Waals surface area contributed by atoms with E-state index in [0.717, 1.165) is 0 Å². The lowest BCUT2D eigenvalue weighted by Crippen LogP contribution is -2.60. The molecule has 0 aliphatic carbocycles.